The lowest BCUT2D eigenvalue weighted by Crippen LogP contribution is -2.50. The number of aryl methyl sites for hydroxylation is 2. The van der Waals surface area contributed by atoms with Gasteiger partial charge in [0, 0.05) is 29.4 Å². The minimum absolute atomic E-state index is 0.183. The number of nitrogens with one attached hydrogen (secondary N) is 1. The number of aliphatic hydroxyl groups is 1. The summed E-state index contributed by atoms with van der Waals surface area (Å²) in [6.45, 7) is 11.9. The van der Waals surface area contributed by atoms with E-state index in [1.165, 1.54) is 0 Å². The molecule has 3 rings (SSSR count). The number of nitrogens with zero attached hydrogens (tertiary/aromatic N) is 1. The first-order chi connectivity index (χ1) is 13.9. The maximum absolute atomic E-state index is 12.9. The Morgan fingerprint density at radius 3 is 2.62 bits per heavy atom. The number of Topliss-reactive ketones (excluding diaryl/α,β-unsaturated/α-hetero) is 1. The van der Waals surface area contributed by atoms with Crippen LogP contribution in [0.2, 0.25) is 0 Å². The minimum atomic E-state index is -1.12. The number of ketones is 1. The number of aromatic nitrogens is 1. The summed E-state index contributed by atoms with van der Waals surface area (Å²) in [5, 5.41) is 14.8. The third kappa shape index (κ3) is 3.79. The highest BCUT2D eigenvalue weighted by Gasteiger charge is 2.33. The summed E-state index contributed by atoms with van der Waals surface area (Å²) >= 11 is 0. The second-order valence-corrected chi connectivity index (χ2v) is 7.86. The van der Waals surface area contributed by atoms with Crippen molar-refractivity contribution in [2.45, 2.75) is 64.1 Å². The molecule has 1 heterocycles. The highest BCUT2D eigenvalue weighted by atomic mass is 16.3. The van der Waals surface area contributed by atoms with Gasteiger partial charge in [0.05, 0.1) is 17.3 Å². The van der Waals surface area contributed by atoms with E-state index in [9.17, 15) is 14.7 Å². The van der Waals surface area contributed by atoms with Gasteiger partial charge in [-0.15, -0.1) is 13.2 Å². The number of rotatable bonds is 8. The average Bonchev–Trinajstić information content (AvgIpc) is 3.02. The lowest BCUT2D eigenvalue weighted by atomic mass is 9.88. The van der Waals surface area contributed by atoms with Crippen molar-refractivity contribution in [1.82, 2.24) is 9.88 Å². The molecular formula is C24H30N2O3. The molecule has 0 saturated heterocycles. The van der Waals surface area contributed by atoms with Gasteiger partial charge in [-0.3, -0.25) is 9.59 Å². The highest BCUT2D eigenvalue weighted by Crippen LogP contribution is 2.33. The van der Waals surface area contributed by atoms with Gasteiger partial charge in [-0.2, -0.15) is 0 Å². The molecule has 154 valence electrons. The monoisotopic (exact) mass is 394 g/mol. The van der Waals surface area contributed by atoms with E-state index in [1.807, 2.05) is 19.1 Å². The van der Waals surface area contributed by atoms with Gasteiger partial charge >= 0.3 is 0 Å². The molecule has 1 aliphatic rings. The molecule has 5 heteroatoms. The van der Waals surface area contributed by atoms with E-state index < -0.39 is 11.6 Å². The lowest BCUT2D eigenvalue weighted by molar-refractivity contribution is 0.0127. The molecule has 29 heavy (non-hydrogen) atoms. The van der Waals surface area contributed by atoms with Crippen molar-refractivity contribution in [3.8, 4) is 0 Å². The van der Waals surface area contributed by atoms with Crippen LogP contribution >= 0.6 is 0 Å². The van der Waals surface area contributed by atoms with Crippen LogP contribution in [0.25, 0.3) is 10.9 Å². The van der Waals surface area contributed by atoms with Crippen LogP contribution in [0.1, 0.15) is 65.9 Å². The lowest BCUT2D eigenvalue weighted by Gasteiger charge is -2.33. The fraction of sp³-hybridized carbons (Fsp3) is 0.417. The molecule has 1 amide bonds. The number of hydrogen-bond acceptors (Lipinski definition) is 3. The van der Waals surface area contributed by atoms with E-state index in [1.54, 1.807) is 25.1 Å². The molecule has 1 aromatic heterocycles. The van der Waals surface area contributed by atoms with Crippen molar-refractivity contribution in [3.05, 3.63) is 60.3 Å². The first kappa shape index (κ1) is 21.1. The zero-order chi connectivity index (χ0) is 21.2. The zero-order valence-corrected chi connectivity index (χ0v) is 17.3. The molecule has 2 N–H and O–H groups in total. The van der Waals surface area contributed by atoms with E-state index >= 15 is 0 Å². The number of carbonyl (C=O) groups is 2. The largest absolute Gasteiger partial charge is 0.387 e. The second-order valence-electron chi connectivity index (χ2n) is 7.86. The van der Waals surface area contributed by atoms with Gasteiger partial charge in [-0.25, -0.2) is 0 Å². The predicted octanol–water partition coefficient (Wildman–Crippen LogP) is 4.18. The Kier molecular flexibility index (Phi) is 6.08. The standard InChI is InChI=1S/C24H30N2O3/c1-5-13-24(29,14-6-2)16(4)25-23(28)17-11-12-20-19(15-17)18-9-8-10-21(27)22(18)26(20)7-3/h5-6,11-12,15-16,29H,1-2,7-10,13-14H2,3-4H3,(H,25,28). The SMILES string of the molecule is C=CCC(O)(CC=C)C(C)NC(=O)c1ccc2c(c1)c1c(n2CC)C(=O)CCC1. The first-order valence-corrected chi connectivity index (χ1v) is 10.3. The molecule has 0 fully saturated rings. The van der Waals surface area contributed by atoms with E-state index in [-0.39, 0.29) is 11.7 Å². The van der Waals surface area contributed by atoms with Crippen LogP contribution < -0.4 is 5.32 Å². The molecule has 1 atom stereocenters. The van der Waals surface area contributed by atoms with Crippen LogP contribution in [0.15, 0.2) is 43.5 Å². The summed E-state index contributed by atoms with van der Waals surface area (Å²) in [5.74, 6) is -0.0612. The number of amides is 1. The molecule has 1 unspecified atom stereocenters. The van der Waals surface area contributed by atoms with Gasteiger partial charge in [-0.1, -0.05) is 12.2 Å². The zero-order valence-electron chi connectivity index (χ0n) is 17.3. The van der Waals surface area contributed by atoms with Crippen LogP contribution in [0.5, 0.6) is 0 Å². The van der Waals surface area contributed by atoms with Crippen LogP contribution in [0.4, 0.5) is 0 Å². The van der Waals surface area contributed by atoms with Crippen LogP contribution in [0, 0.1) is 0 Å². The summed E-state index contributed by atoms with van der Waals surface area (Å²) in [6, 6.07) is 5.11. The van der Waals surface area contributed by atoms with E-state index in [0.29, 0.717) is 24.8 Å². The van der Waals surface area contributed by atoms with Crippen molar-refractivity contribution in [3.63, 3.8) is 0 Å². The van der Waals surface area contributed by atoms with Gasteiger partial charge in [0.15, 0.2) is 5.78 Å². The fourth-order valence-corrected chi connectivity index (χ4v) is 4.36. The highest BCUT2D eigenvalue weighted by molar-refractivity contribution is 6.06. The van der Waals surface area contributed by atoms with Gasteiger partial charge in [0.25, 0.3) is 5.91 Å². The number of benzene rings is 1. The van der Waals surface area contributed by atoms with Crippen LogP contribution in [-0.4, -0.2) is 33.0 Å². The molecule has 1 aromatic carbocycles. The second kappa shape index (κ2) is 8.37. The Morgan fingerprint density at radius 2 is 2.00 bits per heavy atom. The molecular weight excluding hydrogens is 364 g/mol. The molecule has 5 nitrogen and oxygen atoms in total. The molecule has 0 aliphatic heterocycles. The summed E-state index contributed by atoms with van der Waals surface area (Å²) in [5.41, 5.74) is 2.24. The van der Waals surface area contributed by atoms with Gasteiger partial charge in [-0.05, 0) is 63.3 Å². The summed E-state index contributed by atoms with van der Waals surface area (Å²) < 4.78 is 2.06. The molecule has 0 saturated carbocycles. The number of fused-ring (bicyclic) bond motifs is 3. The maximum Gasteiger partial charge on any atom is 0.251 e. The van der Waals surface area contributed by atoms with E-state index in [4.69, 9.17) is 0 Å². The third-order valence-corrected chi connectivity index (χ3v) is 5.99. The minimum Gasteiger partial charge on any atom is -0.387 e. The molecule has 0 bridgehead atoms. The third-order valence-electron chi connectivity index (χ3n) is 5.99. The van der Waals surface area contributed by atoms with Crippen molar-refractivity contribution in [2.24, 2.45) is 0 Å². The van der Waals surface area contributed by atoms with Gasteiger partial charge in [0.1, 0.15) is 0 Å². The quantitative estimate of drug-likeness (QED) is 0.660. The first-order valence-electron chi connectivity index (χ1n) is 10.3. The average molecular weight is 395 g/mol. The van der Waals surface area contributed by atoms with Crippen LogP contribution in [-0.2, 0) is 13.0 Å². The van der Waals surface area contributed by atoms with E-state index in [0.717, 1.165) is 41.5 Å². The van der Waals surface area contributed by atoms with Gasteiger partial charge in [0.2, 0.25) is 0 Å². The molecule has 1 aliphatic carbocycles. The Bertz CT molecular complexity index is 960. The summed E-state index contributed by atoms with van der Waals surface area (Å²) in [4.78, 5) is 25.4. The van der Waals surface area contributed by atoms with Crippen molar-refractivity contribution in [2.75, 3.05) is 0 Å². The van der Waals surface area contributed by atoms with Crippen molar-refractivity contribution < 1.29 is 14.7 Å². The topological polar surface area (TPSA) is 71.3 Å². The predicted molar refractivity (Wildman–Crippen MR) is 116 cm³/mol. The Hall–Kier alpha value is -2.66. The number of carbonyl (C=O) groups excluding carboxylic acids is 2. The van der Waals surface area contributed by atoms with E-state index in [2.05, 4.69) is 23.0 Å². The fourth-order valence-electron chi connectivity index (χ4n) is 4.36. The van der Waals surface area contributed by atoms with Crippen molar-refractivity contribution in [1.29, 1.82) is 0 Å². The smallest absolute Gasteiger partial charge is 0.251 e. The number of hydrogen-bond donors (Lipinski definition) is 2. The maximum atomic E-state index is 12.9. The summed E-state index contributed by atoms with van der Waals surface area (Å²) in [7, 11) is 0. The molecule has 2 aromatic rings. The normalized spacial score (nSPS) is 15.1. The molecule has 0 radical (unpaired) electrons. The van der Waals surface area contributed by atoms with Crippen LogP contribution in [0.3, 0.4) is 0 Å². The summed E-state index contributed by atoms with van der Waals surface area (Å²) in [6.07, 6.45) is 6.29. The Labute approximate surface area is 172 Å². The molecule has 0 spiro atoms. The Morgan fingerprint density at radius 1 is 1.31 bits per heavy atom. The Balaban J connectivity index is 1.94. The van der Waals surface area contributed by atoms with Gasteiger partial charge < -0.3 is 15.0 Å². The van der Waals surface area contributed by atoms with Crippen molar-refractivity contribution >= 4 is 22.6 Å².